The first kappa shape index (κ1) is 8.73. The summed E-state index contributed by atoms with van der Waals surface area (Å²) >= 11 is 0. The molecule has 1 aromatic rings. The quantitative estimate of drug-likeness (QED) is 0.652. The zero-order chi connectivity index (χ0) is 9.26. The van der Waals surface area contributed by atoms with E-state index in [1.807, 2.05) is 16.9 Å². The summed E-state index contributed by atoms with van der Waals surface area (Å²) in [4.78, 5) is 0. The number of rotatable bonds is 1. The van der Waals surface area contributed by atoms with Crippen LogP contribution in [0.3, 0.4) is 0 Å². The zero-order valence-corrected chi connectivity index (χ0v) is 7.91. The molecule has 2 rings (SSSR count). The van der Waals surface area contributed by atoms with Crippen molar-refractivity contribution >= 4 is 0 Å². The Morgan fingerprint density at radius 2 is 2.08 bits per heavy atom. The van der Waals surface area contributed by atoms with Crippen LogP contribution in [0.15, 0.2) is 12.3 Å². The standard InChI is InChI=1S/C10H15FN2/c1-8-6-7-12-13(8)10-4-2-9(11)3-5-10/h6-7,9-10H,2-5H2,1H3. The van der Waals surface area contributed by atoms with E-state index >= 15 is 0 Å². The molecule has 3 heteroatoms. The predicted molar refractivity (Wildman–Crippen MR) is 49.4 cm³/mol. The third-order valence-electron chi connectivity index (χ3n) is 2.84. The highest BCUT2D eigenvalue weighted by atomic mass is 19.1. The number of alkyl halides is 1. The lowest BCUT2D eigenvalue weighted by Crippen LogP contribution is -2.20. The van der Waals surface area contributed by atoms with Gasteiger partial charge in [0, 0.05) is 11.9 Å². The molecule has 0 atom stereocenters. The van der Waals surface area contributed by atoms with Crippen molar-refractivity contribution in [2.45, 2.75) is 44.8 Å². The molecule has 0 radical (unpaired) electrons. The molecule has 0 bridgehead atoms. The molecular weight excluding hydrogens is 167 g/mol. The fourth-order valence-electron chi connectivity index (χ4n) is 2.04. The van der Waals surface area contributed by atoms with Crippen molar-refractivity contribution in [1.82, 2.24) is 9.78 Å². The van der Waals surface area contributed by atoms with Gasteiger partial charge in [0.2, 0.25) is 0 Å². The van der Waals surface area contributed by atoms with Crippen LogP contribution >= 0.6 is 0 Å². The van der Waals surface area contributed by atoms with Crippen LogP contribution in [0.25, 0.3) is 0 Å². The molecule has 0 N–H and O–H groups in total. The van der Waals surface area contributed by atoms with Gasteiger partial charge in [0.25, 0.3) is 0 Å². The number of nitrogens with zero attached hydrogens (tertiary/aromatic N) is 2. The molecule has 1 aliphatic carbocycles. The summed E-state index contributed by atoms with van der Waals surface area (Å²) < 4.78 is 14.9. The molecule has 2 nitrogen and oxygen atoms in total. The molecular formula is C10H15FN2. The van der Waals surface area contributed by atoms with Crippen molar-refractivity contribution in [3.63, 3.8) is 0 Å². The summed E-state index contributed by atoms with van der Waals surface area (Å²) in [5.41, 5.74) is 1.18. The van der Waals surface area contributed by atoms with Crippen LogP contribution in [0, 0.1) is 6.92 Å². The van der Waals surface area contributed by atoms with E-state index in [9.17, 15) is 4.39 Å². The molecule has 0 unspecified atom stereocenters. The van der Waals surface area contributed by atoms with Crippen LogP contribution in [0.4, 0.5) is 4.39 Å². The molecule has 1 saturated carbocycles. The van der Waals surface area contributed by atoms with Gasteiger partial charge in [0.1, 0.15) is 6.17 Å². The lowest BCUT2D eigenvalue weighted by atomic mass is 9.94. The van der Waals surface area contributed by atoms with Gasteiger partial charge in [-0.05, 0) is 38.7 Å². The Morgan fingerprint density at radius 3 is 2.62 bits per heavy atom. The second-order valence-electron chi connectivity index (χ2n) is 3.82. The normalized spacial score (nSPS) is 29.1. The minimum Gasteiger partial charge on any atom is -0.267 e. The Morgan fingerprint density at radius 1 is 1.38 bits per heavy atom. The van der Waals surface area contributed by atoms with E-state index in [0.29, 0.717) is 18.9 Å². The summed E-state index contributed by atoms with van der Waals surface area (Å²) in [5.74, 6) is 0. The van der Waals surface area contributed by atoms with Gasteiger partial charge in [-0.15, -0.1) is 0 Å². The maximum absolute atomic E-state index is 12.9. The molecule has 0 saturated heterocycles. The van der Waals surface area contributed by atoms with E-state index in [4.69, 9.17) is 0 Å². The van der Waals surface area contributed by atoms with E-state index in [1.54, 1.807) is 0 Å². The van der Waals surface area contributed by atoms with Crippen molar-refractivity contribution in [2.75, 3.05) is 0 Å². The monoisotopic (exact) mass is 182 g/mol. The second kappa shape index (κ2) is 3.48. The SMILES string of the molecule is Cc1ccnn1C1CCC(F)CC1. The van der Waals surface area contributed by atoms with Crippen LogP contribution in [0.1, 0.15) is 37.4 Å². The van der Waals surface area contributed by atoms with Gasteiger partial charge >= 0.3 is 0 Å². The van der Waals surface area contributed by atoms with E-state index in [-0.39, 0.29) is 0 Å². The molecule has 1 aliphatic rings. The Balaban J connectivity index is 2.06. The number of hydrogen-bond donors (Lipinski definition) is 0. The van der Waals surface area contributed by atoms with Crippen molar-refractivity contribution < 1.29 is 4.39 Å². The summed E-state index contributed by atoms with van der Waals surface area (Å²) in [6.07, 6.45) is 4.50. The predicted octanol–water partition coefficient (Wildman–Crippen LogP) is 2.64. The first-order chi connectivity index (χ1) is 6.27. The highest BCUT2D eigenvalue weighted by molar-refractivity contribution is 4.99. The van der Waals surface area contributed by atoms with Crippen molar-refractivity contribution in [1.29, 1.82) is 0 Å². The summed E-state index contributed by atoms with van der Waals surface area (Å²) in [5, 5.41) is 4.26. The van der Waals surface area contributed by atoms with E-state index in [0.717, 1.165) is 12.8 Å². The number of aryl methyl sites for hydroxylation is 1. The van der Waals surface area contributed by atoms with Crippen LogP contribution < -0.4 is 0 Å². The summed E-state index contributed by atoms with van der Waals surface area (Å²) in [6.45, 7) is 2.05. The zero-order valence-electron chi connectivity index (χ0n) is 7.91. The molecule has 1 heterocycles. The number of aromatic nitrogens is 2. The van der Waals surface area contributed by atoms with Crippen LogP contribution in [0.5, 0.6) is 0 Å². The van der Waals surface area contributed by atoms with Gasteiger partial charge in [0.15, 0.2) is 0 Å². The minimum absolute atomic E-state index is 0.432. The van der Waals surface area contributed by atoms with Crippen molar-refractivity contribution in [2.24, 2.45) is 0 Å². The molecule has 0 aliphatic heterocycles. The Kier molecular flexibility index (Phi) is 2.34. The number of halogens is 1. The fraction of sp³-hybridized carbons (Fsp3) is 0.700. The third kappa shape index (κ3) is 1.74. The first-order valence-corrected chi connectivity index (χ1v) is 4.91. The smallest absolute Gasteiger partial charge is 0.100 e. The van der Waals surface area contributed by atoms with Gasteiger partial charge < -0.3 is 0 Å². The summed E-state index contributed by atoms with van der Waals surface area (Å²) in [6, 6.07) is 2.43. The highest BCUT2D eigenvalue weighted by Gasteiger charge is 2.22. The van der Waals surface area contributed by atoms with E-state index in [1.165, 1.54) is 5.69 Å². The topological polar surface area (TPSA) is 17.8 Å². The molecule has 13 heavy (non-hydrogen) atoms. The maximum atomic E-state index is 12.9. The summed E-state index contributed by atoms with van der Waals surface area (Å²) in [7, 11) is 0. The Labute approximate surface area is 77.8 Å². The molecule has 72 valence electrons. The van der Waals surface area contributed by atoms with Gasteiger partial charge in [-0.25, -0.2) is 4.39 Å². The molecule has 1 aromatic heterocycles. The van der Waals surface area contributed by atoms with Crippen molar-refractivity contribution in [3.05, 3.63) is 18.0 Å². The van der Waals surface area contributed by atoms with Gasteiger partial charge in [-0.2, -0.15) is 5.10 Å². The van der Waals surface area contributed by atoms with Crippen LogP contribution in [-0.2, 0) is 0 Å². The third-order valence-corrected chi connectivity index (χ3v) is 2.84. The fourth-order valence-corrected chi connectivity index (χ4v) is 2.04. The second-order valence-corrected chi connectivity index (χ2v) is 3.82. The van der Waals surface area contributed by atoms with E-state index in [2.05, 4.69) is 12.0 Å². The van der Waals surface area contributed by atoms with Crippen LogP contribution in [0.2, 0.25) is 0 Å². The minimum atomic E-state index is -0.577. The Hall–Kier alpha value is -0.860. The highest BCUT2D eigenvalue weighted by Crippen LogP contribution is 2.30. The molecule has 0 spiro atoms. The lowest BCUT2D eigenvalue weighted by molar-refractivity contribution is 0.200. The average molecular weight is 182 g/mol. The molecule has 1 fully saturated rings. The molecule has 0 aromatic carbocycles. The lowest BCUT2D eigenvalue weighted by Gasteiger charge is -2.25. The average Bonchev–Trinajstić information content (AvgIpc) is 2.53. The number of hydrogen-bond acceptors (Lipinski definition) is 1. The largest absolute Gasteiger partial charge is 0.267 e. The molecule has 0 amide bonds. The maximum Gasteiger partial charge on any atom is 0.100 e. The first-order valence-electron chi connectivity index (χ1n) is 4.91. The van der Waals surface area contributed by atoms with Gasteiger partial charge in [-0.3, -0.25) is 4.68 Å². The van der Waals surface area contributed by atoms with Crippen LogP contribution in [-0.4, -0.2) is 16.0 Å². The van der Waals surface area contributed by atoms with Crippen molar-refractivity contribution in [3.8, 4) is 0 Å². The Bertz CT molecular complexity index is 274. The van der Waals surface area contributed by atoms with Gasteiger partial charge in [0.05, 0.1) is 6.04 Å². The van der Waals surface area contributed by atoms with E-state index < -0.39 is 6.17 Å². The van der Waals surface area contributed by atoms with Gasteiger partial charge in [-0.1, -0.05) is 0 Å².